The number of fused-ring (bicyclic) bond motifs is 2. The maximum atomic E-state index is 13.2. The Balaban J connectivity index is 1.54. The average Bonchev–Trinajstić information content (AvgIpc) is 3.74. The first-order valence-corrected chi connectivity index (χ1v) is 15.3. The molecule has 260 valence electrons. The molecule has 3 aliphatic heterocycles. The number of esters is 5. The monoisotopic (exact) mass is 668 g/mol. The van der Waals surface area contributed by atoms with Crippen LogP contribution in [0.3, 0.4) is 0 Å². The van der Waals surface area contributed by atoms with Gasteiger partial charge in [-0.3, -0.25) is 28.8 Å². The third kappa shape index (κ3) is 5.83. The summed E-state index contributed by atoms with van der Waals surface area (Å²) in [4.78, 5) is 73.7. The van der Waals surface area contributed by atoms with E-state index in [1.54, 1.807) is 13.0 Å². The van der Waals surface area contributed by atoms with Crippen LogP contribution in [0.2, 0.25) is 0 Å². The van der Waals surface area contributed by atoms with Crippen molar-refractivity contribution in [2.45, 2.75) is 116 Å². The average molecular weight is 669 g/mol. The van der Waals surface area contributed by atoms with Crippen molar-refractivity contribution in [1.29, 1.82) is 0 Å². The summed E-state index contributed by atoms with van der Waals surface area (Å²) in [7, 11) is 0. The van der Waals surface area contributed by atoms with E-state index in [0.717, 1.165) is 27.7 Å². The number of Topliss-reactive ketones (excluding diaryl/α,β-unsaturated/α-hetero) is 1. The summed E-state index contributed by atoms with van der Waals surface area (Å²) in [5.74, 6) is -4.21. The first kappa shape index (κ1) is 34.9. The van der Waals surface area contributed by atoms with Gasteiger partial charge < -0.3 is 47.7 Å². The van der Waals surface area contributed by atoms with Crippen molar-refractivity contribution in [2.24, 2.45) is 10.8 Å². The van der Waals surface area contributed by atoms with Gasteiger partial charge in [0.1, 0.15) is 37.1 Å². The number of aliphatic hydroxyl groups excluding tert-OH is 1. The van der Waals surface area contributed by atoms with Gasteiger partial charge in [-0.1, -0.05) is 6.92 Å². The number of aliphatic hydroxyl groups is 1. The molecule has 5 rings (SSSR count). The largest absolute Gasteiger partial charge is 0.465 e. The van der Waals surface area contributed by atoms with Gasteiger partial charge in [0.25, 0.3) is 0 Å². The molecule has 5 aliphatic rings. The molecule has 1 N–H and O–H groups in total. The van der Waals surface area contributed by atoms with Gasteiger partial charge in [-0.15, -0.1) is 0 Å². The van der Waals surface area contributed by atoms with Crippen LogP contribution in [-0.2, 0) is 71.4 Å². The van der Waals surface area contributed by atoms with Crippen LogP contribution in [0.5, 0.6) is 0 Å². The van der Waals surface area contributed by atoms with Crippen LogP contribution < -0.4 is 0 Å². The topological polar surface area (TPSA) is 209 Å². The van der Waals surface area contributed by atoms with Crippen molar-refractivity contribution in [2.75, 3.05) is 19.8 Å². The van der Waals surface area contributed by atoms with E-state index in [0.29, 0.717) is 0 Å². The molecule has 1 spiro atoms. The van der Waals surface area contributed by atoms with Crippen LogP contribution in [0, 0.1) is 10.8 Å². The van der Waals surface area contributed by atoms with Crippen LogP contribution in [0.4, 0.5) is 0 Å². The second kappa shape index (κ2) is 12.5. The van der Waals surface area contributed by atoms with Crippen molar-refractivity contribution in [1.82, 2.24) is 0 Å². The molecule has 2 aliphatic carbocycles. The highest BCUT2D eigenvalue weighted by atomic mass is 16.7. The number of ketones is 1. The molecule has 0 amide bonds. The van der Waals surface area contributed by atoms with Crippen LogP contribution >= 0.6 is 0 Å². The lowest BCUT2D eigenvalue weighted by atomic mass is 9.50. The molecule has 12 atom stereocenters. The van der Waals surface area contributed by atoms with Crippen molar-refractivity contribution >= 4 is 35.6 Å². The molecule has 0 aromatic carbocycles. The van der Waals surface area contributed by atoms with Gasteiger partial charge in [-0.05, 0) is 25.0 Å². The fourth-order valence-electron chi connectivity index (χ4n) is 7.77. The Labute approximate surface area is 270 Å². The van der Waals surface area contributed by atoms with Gasteiger partial charge in [0, 0.05) is 40.0 Å². The minimum Gasteiger partial charge on any atom is -0.465 e. The summed E-state index contributed by atoms with van der Waals surface area (Å²) < 4.78 is 52.4. The fourth-order valence-corrected chi connectivity index (χ4v) is 7.77. The fraction of sp³-hybridized carbons (Fsp3) is 0.742. The zero-order valence-corrected chi connectivity index (χ0v) is 27.2. The molecule has 1 saturated carbocycles. The molecular formula is C31H40O16. The predicted molar refractivity (Wildman–Crippen MR) is 151 cm³/mol. The summed E-state index contributed by atoms with van der Waals surface area (Å²) in [6.45, 7) is 8.45. The molecule has 16 nitrogen and oxygen atoms in total. The van der Waals surface area contributed by atoms with E-state index < -0.39 is 114 Å². The van der Waals surface area contributed by atoms with Crippen molar-refractivity contribution in [3.63, 3.8) is 0 Å². The smallest absolute Gasteiger partial charge is 0.303 e. The van der Waals surface area contributed by atoms with E-state index in [-0.39, 0.29) is 25.2 Å². The second-order valence-corrected chi connectivity index (χ2v) is 12.9. The second-order valence-electron chi connectivity index (χ2n) is 12.9. The van der Waals surface area contributed by atoms with E-state index in [2.05, 4.69) is 0 Å². The zero-order valence-electron chi connectivity index (χ0n) is 27.2. The number of hydrogen-bond acceptors (Lipinski definition) is 16. The number of carbonyl (C=O) groups excluding carboxylic acids is 6. The predicted octanol–water partition coefficient (Wildman–Crippen LogP) is -0.159. The number of carbonyl (C=O) groups is 6. The molecule has 0 radical (unpaired) electrons. The maximum Gasteiger partial charge on any atom is 0.303 e. The lowest BCUT2D eigenvalue weighted by molar-refractivity contribution is -0.323. The number of hydrogen-bond donors (Lipinski definition) is 1. The molecule has 1 unspecified atom stereocenters. The van der Waals surface area contributed by atoms with E-state index in [1.807, 2.05) is 6.92 Å². The molecule has 47 heavy (non-hydrogen) atoms. The van der Waals surface area contributed by atoms with Gasteiger partial charge in [0.05, 0.1) is 24.2 Å². The number of rotatable bonds is 9. The Hall–Kier alpha value is -3.44. The highest BCUT2D eigenvalue weighted by Crippen LogP contribution is 2.71. The van der Waals surface area contributed by atoms with E-state index in [1.165, 1.54) is 6.92 Å². The summed E-state index contributed by atoms with van der Waals surface area (Å²) >= 11 is 0. The molecule has 4 fully saturated rings. The standard InChI is InChI=1S/C31H40O16/c1-13-8-21-30(11-40-15(3)33,26(38)22(13)37)29(7)9-19(27(47-21)31(29)12-41-31)45-28-25(44-18(6)36)24(43-17(5)35)23(42-16(4)34)20(46-28)10-39-14(2)32/h8,19-21,23-28,38H,9-12H2,1-7H3/t19-,20-,21-,23-,24+,25-,26-,27-,28+,29-,30-,31?/m0/s1. The Bertz CT molecular complexity index is 1370. The summed E-state index contributed by atoms with van der Waals surface area (Å²) in [5, 5.41) is 11.6. The zero-order chi connectivity index (χ0) is 34.6. The van der Waals surface area contributed by atoms with Gasteiger partial charge >= 0.3 is 29.8 Å². The molecule has 0 aromatic heterocycles. The van der Waals surface area contributed by atoms with E-state index in [4.69, 9.17) is 42.6 Å². The van der Waals surface area contributed by atoms with Gasteiger partial charge in [-0.25, -0.2) is 0 Å². The minimum absolute atomic E-state index is 0.0829. The summed E-state index contributed by atoms with van der Waals surface area (Å²) in [5.41, 5.74) is -3.36. The highest BCUT2D eigenvalue weighted by molar-refractivity contribution is 6.00. The minimum atomic E-state index is -1.62. The molecule has 2 bridgehead atoms. The number of ether oxygens (including phenoxy) is 9. The first-order chi connectivity index (χ1) is 22.0. The Kier molecular flexibility index (Phi) is 9.31. The maximum absolute atomic E-state index is 13.2. The van der Waals surface area contributed by atoms with Crippen LogP contribution in [0.25, 0.3) is 0 Å². The number of epoxide rings is 1. The Morgan fingerprint density at radius 1 is 0.872 bits per heavy atom. The van der Waals surface area contributed by atoms with Crippen molar-refractivity contribution in [3.8, 4) is 0 Å². The third-order valence-corrected chi connectivity index (χ3v) is 9.92. The first-order valence-electron chi connectivity index (χ1n) is 15.3. The summed E-state index contributed by atoms with van der Waals surface area (Å²) in [6, 6.07) is 0. The van der Waals surface area contributed by atoms with Gasteiger partial charge in [0.15, 0.2) is 30.4 Å². The molecule has 16 heteroatoms. The van der Waals surface area contributed by atoms with Gasteiger partial charge in [-0.2, -0.15) is 0 Å². The van der Waals surface area contributed by atoms with Crippen LogP contribution in [0.1, 0.15) is 54.9 Å². The van der Waals surface area contributed by atoms with Crippen molar-refractivity contribution in [3.05, 3.63) is 11.6 Å². The van der Waals surface area contributed by atoms with Gasteiger partial charge in [0.2, 0.25) is 0 Å². The van der Waals surface area contributed by atoms with E-state index >= 15 is 0 Å². The SMILES string of the molecule is CC(=O)OC[C@@H]1O[C@@H](O[C@H]2C[C@]3(C)C4(CO4)[C@H]2O[C@H]2C=C(C)C(=O)[C@H](O)[C@]23COC(C)=O)[C@@H](OC(C)=O)[C@H](OC(C)=O)[C@H]1OC(C)=O. The van der Waals surface area contributed by atoms with E-state index in [9.17, 15) is 33.9 Å². The molecule has 0 aromatic rings. The quantitative estimate of drug-likeness (QED) is 0.192. The highest BCUT2D eigenvalue weighted by Gasteiger charge is 2.84. The summed E-state index contributed by atoms with van der Waals surface area (Å²) in [6.07, 6.45) is -9.63. The Morgan fingerprint density at radius 2 is 1.45 bits per heavy atom. The van der Waals surface area contributed by atoms with Crippen LogP contribution in [0.15, 0.2) is 11.6 Å². The lowest BCUT2D eigenvalue weighted by Gasteiger charge is -2.58. The third-order valence-electron chi connectivity index (χ3n) is 9.92. The molecule has 3 saturated heterocycles. The van der Waals surface area contributed by atoms with Crippen LogP contribution in [-0.4, -0.2) is 121 Å². The molecular weight excluding hydrogens is 628 g/mol. The lowest BCUT2D eigenvalue weighted by Crippen LogP contribution is -2.70. The van der Waals surface area contributed by atoms with Crippen molar-refractivity contribution < 1.29 is 76.5 Å². The normalized spacial score (nSPS) is 41.7. The Morgan fingerprint density at radius 3 is 2.00 bits per heavy atom. The molecule has 3 heterocycles.